The van der Waals surface area contributed by atoms with Crippen LogP contribution in [0.15, 0.2) is 27.8 Å². The summed E-state index contributed by atoms with van der Waals surface area (Å²) >= 11 is 3.48. The van der Waals surface area contributed by atoms with Crippen LogP contribution >= 0.6 is 15.9 Å². The predicted octanol–water partition coefficient (Wildman–Crippen LogP) is 5.36. The highest BCUT2D eigenvalue weighted by atomic mass is 79.9. The van der Waals surface area contributed by atoms with Gasteiger partial charge in [-0.05, 0) is 50.3 Å². The molecule has 0 heterocycles. The number of carboxylic acids is 1. The highest BCUT2D eigenvalue weighted by Crippen LogP contribution is 2.41. The maximum absolute atomic E-state index is 11.4. The fourth-order valence-corrected chi connectivity index (χ4v) is 3.86. The molecular weight excluding hydrogens is 356 g/mol. The average molecular weight is 381 g/mol. The van der Waals surface area contributed by atoms with E-state index >= 15 is 0 Å². The number of carbonyl (C=O) groups is 1. The number of anilines is 1. The lowest BCUT2D eigenvalue weighted by Crippen LogP contribution is -2.37. The minimum absolute atomic E-state index is 0.179. The van der Waals surface area contributed by atoms with Crippen molar-refractivity contribution in [2.45, 2.75) is 58.8 Å². The van der Waals surface area contributed by atoms with Crippen molar-refractivity contribution < 1.29 is 9.90 Å². The lowest BCUT2D eigenvalue weighted by atomic mass is 9.67. The molecule has 0 saturated heterocycles. The molecule has 1 aromatic rings. The van der Waals surface area contributed by atoms with Gasteiger partial charge in [0.15, 0.2) is 0 Å². The Balaban J connectivity index is 2.28. The second-order valence-corrected chi connectivity index (χ2v) is 7.35. The van der Waals surface area contributed by atoms with Crippen LogP contribution in [0.1, 0.15) is 57.4 Å². The zero-order valence-corrected chi connectivity index (χ0v) is 15.4. The molecule has 2 N–H and O–H groups in total. The van der Waals surface area contributed by atoms with Crippen molar-refractivity contribution in [2.24, 2.45) is 10.5 Å². The summed E-state index contributed by atoms with van der Waals surface area (Å²) in [6.07, 6.45) is 6.02. The van der Waals surface area contributed by atoms with E-state index in [9.17, 15) is 9.90 Å². The van der Waals surface area contributed by atoms with E-state index in [1.54, 1.807) is 0 Å². The number of carboxylic acid groups (broad SMARTS) is 1. The van der Waals surface area contributed by atoms with Crippen LogP contribution < -0.4 is 5.43 Å². The molecule has 4 nitrogen and oxygen atoms in total. The van der Waals surface area contributed by atoms with E-state index in [1.807, 2.05) is 25.1 Å². The number of hydrogen-bond acceptors (Lipinski definition) is 3. The lowest BCUT2D eigenvalue weighted by molar-refractivity contribution is -0.139. The fraction of sp³-hybridized carbons (Fsp3) is 0.556. The summed E-state index contributed by atoms with van der Waals surface area (Å²) < 4.78 is 1.000. The number of nitrogens with zero attached hydrogens (tertiary/aromatic N) is 1. The van der Waals surface area contributed by atoms with Crippen molar-refractivity contribution >= 4 is 33.3 Å². The summed E-state index contributed by atoms with van der Waals surface area (Å²) in [7, 11) is 0. The SMILES string of the molecule is CCCC1(CC(=O)O)CCCCC1=NNc1cc(Br)ccc1C. The molecule has 23 heavy (non-hydrogen) atoms. The Morgan fingerprint density at radius 3 is 2.91 bits per heavy atom. The van der Waals surface area contributed by atoms with E-state index in [0.29, 0.717) is 0 Å². The van der Waals surface area contributed by atoms with E-state index < -0.39 is 5.97 Å². The molecule has 0 amide bonds. The predicted molar refractivity (Wildman–Crippen MR) is 98.0 cm³/mol. The standard InChI is InChI=1S/C18H25BrN2O2/c1-3-9-18(12-17(22)23)10-5-4-6-16(18)21-20-15-11-14(19)8-7-13(15)2/h7-8,11,20H,3-6,9-10,12H2,1-2H3,(H,22,23). The Bertz CT molecular complexity index is 597. The van der Waals surface area contributed by atoms with Gasteiger partial charge in [0, 0.05) is 15.6 Å². The second-order valence-electron chi connectivity index (χ2n) is 6.44. The normalized spacial score (nSPS) is 23.0. The summed E-state index contributed by atoms with van der Waals surface area (Å²) in [5, 5.41) is 14.0. The molecule has 0 bridgehead atoms. The maximum atomic E-state index is 11.4. The highest BCUT2D eigenvalue weighted by Gasteiger charge is 2.39. The van der Waals surface area contributed by atoms with Gasteiger partial charge in [-0.25, -0.2) is 0 Å². The molecule has 2 rings (SSSR count). The molecule has 0 radical (unpaired) electrons. The summed E-state index contributed by atoms with van der Waals surface area (Å²) in [6, 6.07) is 6.03. The highest BCUT2D eigenvalue weighted by molar-refractivity contribution is 9.10. The topological polar surface area (TPSA) is 61.7 Å². The Kier molecular flexibility index (Phi) is 6.22. The molecule has 1 unspecified atom stereocenters. The molecule has 126 valence electrons. The molecule has 5 heteroatoms. The molecule has 0 spiro atoms. The quantitative estimate of drug-likeness (QED) is 0.652. The Morgan fingerprint density at radius 1 is 1.43 bits per heavy atom. The van der Waals surface area contributed by atoms with Crippen molar-refractivity contribution in [3.63, 3.8) is 0 Å². The van der Waals surface area contributed by atoms with E-state index in [-0.39, 0.29) is 11.8 Å². The van der Waals surface area contributed by atoms with Gasteiger partial charge in [0.1, 0.15) is 0 Å². The average Bonchev–Trinajstić information content (AvgIpc) is 2.49. The third-order valence-electron chi connectivity index (χ3n) is 4.66. The van der Waals surface area contributed by atoms with Crippen molar-refractivity contribution in [3.05, 3.63) is 28.2 Å². The zero-order valence-electron chi connectivity index (χ0n) is 13.9. The first kappa shape index (κ1) is 18.0. The smallest absolute Gasteiger partial charge is 0.304 e. The number of hydrazone groups is 1. The molecule has 0 aromatic heterocycles. The van der Waals surface area contributed by atoms with Crippen LogP contribution in [0.5, 0.6) is 0 Å². The van der Waals surface area contributed by atoms with Crippen LogP contribution in [0, 0.1) is 12.3 Å². The Labute approximate surface area is 146 Å². The minimum Gasteiger partial charge on any atom is -0.481 e. The minimum atomic E-state index is -0.730. The first-order valence-electron chi connectivity index (χ1n) is 8.28. The van der Waals surface area contributed by atoms with Gasteiger partial charge >= 0.3 is 5.97 Å². The molecule has 1 fully saturated rings. The van der Waals surface area contributed by atoms with Gasteiger partial charge in [0.25, 0.3) is 0 Å². The van der Waals surface area contributed by atoms with E-state index in [2.05, 4.69) is 33.4 Å². The van der Waals surface area contributed by atoms with Crippen LogP contribution in [-0.2, 0) is 4.79 Å². The lowest BCUT2D eigenvalue weighted by Gasteiger charge is -2.37. The van der Waals surface area contributed by atoms with Crippen molar-refractivity contribution in [1.82, 2.24) is 0 Å². The molecule has 1 aliphatic rings. The van der Waals surface area contributed by atoms with Crippen LogP contribution in [0.3, 0.4) is 0 Å². The summed E-state index contributed by atoms with van der Waals surface area (Å²) in [5.74, 6) is -0.730. The number of nitrogens with one attached hydrogen (secondary N) is 1. The first-order chi connectivity index (χ1) is 11.0. The zero-order chi connectivity index (χ0) is 16.9. The van der Waals surface area contributed by atoms with Gasteiger partial charge in [-0.1, -0.05) is 41.8 Å². The van der Waals surface area contributed by atoms with E-state index in [0.717, 1.165) is 60.0 Å². The monoisotopic (exact) mass is 380 g/mol. The third-order valence-corrected chi connectivity index (χ3v) is 5.15. The number of aliphatic carboxylic acids is 1. The molecule has 1 aliphatic carbocycles. The Hall–Kier alpha value is -1.36. The van der Waals surface area contributed by atoms with E-state index in [1.165, 1.54) is 0 Å². The summed E-state index contributed by atoms with van der Waals surface area (Å²) in [5.41, 5.74) is 5.98. The first-order valence-corrected chi connectivity index (χ1v) is 9.07. The number of aryl methyl sites for hydroxylation is 1. The summed E-state index contributed by atoms with van der Waals surface area (Å²) in [6.45, 7) is 4.15. The van der Waals surface area contributed by atoms with Crippen molar-refractivity contribution in [1.29, 1.82) is 0 Å². The van der Waals surface area contributed by atoms with Crippen LogP contribution in [0.25, 0.3) is 0 Å². The van der Waals surface area contributed by atoms with Crippen LogP contribution in [0.4, 0.5) is 5.69 Å². The van der Waals surface area contributed by atoms with Gasteiger partial charge in [-0.15, -0.1) is 0 Å². The number of halogens is 1. The molecule has 1 atom stereocenters. The van der Waals surface area contributed by atoms with Gasteiger partial charge in [0.05, 0.1) is 12.1 Å². The van der Waals surface area contributed by atoms with Gasteiger partial charge < -0.3 is 5.11 Å². The number of benzene rings is 1. The van der Waals surface area contributed by atoms with Gasteiger partial charge in [-0.3, -0.25) is 10.2 Å². The van der Waals surface area contributed by atoms with Crippen molar-refractivity contribution in [2.75, 3.05) is 5.43 Å². The van der Waals surface area contributed by atoms with Crippen LogP contribution in [-0.4, -0.2) is 16.8 Å². The third kappa shape index (κ3) is 4.56. The molecular formula is C18H25BrN2O2. The van der Waals surface area contributed by atoms with Gasteiger partial charge in [0.2, 0.25) is 0 Å². The molecule has 0 aliphatic heterocycles. The largest absolute Gasteiger partial charge is 0.481 e. The maximum Gasteiger partial charge on any atom is 0.304 e. The van der Waals surface area contributed by atoms with E-state index in [4.69, 9.17) is 0 Å². The molecule has 1 aromatic carbocycles. The summed E-state index contributed by atoms with van der Waals surface area (Å²) in [4.78, 5) is 11.4. The fourth-order valence-electron chi connectivity index (χ4n) is 3.50. The van der Waals surface area contributed by atoms with Crippen LogP contribution in [0.2, 0.25) is 0 Å². The Morgan fingerprint density at radius 2 is 2.22 bits per heavy atom. The van der Waals surface area contributed by atoms with Crippen molar-refractivity contribution in [3.8, 4) is 0 Å². The number of rotatable bonds is 6. The molecule has 1 saturated carbocycles. The number of hydrogen-bond donors (Lipinski definition) is 2. The second kappa shape index (κ2) is 7.95. The van der Waals surface area contributed by atoms with Gasteiger partial charge in [-0.2, -0.15) is 5.10 Å².